The lowest BCUT2D eigenvalue weighted by Crippen LogP contribution is -2.32. The molecule has 0 spiro atoms. The van der Waals surface area contributed by atoms with E-state index in [0.717, 1.165) is 6.42 Å². The molecule has 0 aliphatic carbocycles. The minimum Gasteiger partial charge on any atom is -0.378 e. The van der Waals surface area contributed by atoms with Gasteiger partial charge in [0.1, 0.15) is 0 Å². The highest BCUT2D eigenvalue weighted by molar-refractivity contribution is 5.81. The van der Waals surface area contributed by atoms with E-state index in [1.165, 1.54) is 29.2 Å². The molecule has 1 rings (SSSR count). The Balaban J connectivity index is 2.80. The van der Waals surface area contributed by atoms with Crippen LogP contribution in [0.15, 0.2) is 24.3 Å². The van der Waals surface area contributed by atoms with Gasteiger partial charge < -0.3 is 10.0 Å². The summed E-state index contributed by atoms with van der Waals surface area (Å²) in [5.74, 6) is -0.411. The number of hydrogen-bond acceptors (Lipinski definition) is 4. The fourth-order valence-electron chi connectivity index (χ4n) is 1.58. The summed E-state index contributed by atoms with van der Waals surface area (Å²) in [7, 11) is 1.61. The molecule has 18 heavy (non-hydrogen) atoms. The van der Waals surface area contributed by atoms with E-state index >= 15 is 0 Å². The molecule has 0 radical (unpaired) electrons. The molecule has 1 aromatic carbocycles. The van der Waals surface area contributed by atoms with Gasteiger partial charge in [-0.05, 0) is 24.1 Å². The maximum Gasteiger partial charge on any atom is 0.269 e. The first-order valence-corrected chi connectivity index (χ1v) is 5.64. The van der Waals surface area contributed by atoms with E-state index in [0.29, 0.717) is 12.1 Å². The van der Waals surface area contributed by atoms with Crippen molar-refractivity contribution in [1.82, 2.24) is 4.90 Å². The van der Waals surface area contributed by atoms with E-state index in [9.17, 15) is 20.0 Å². The van der Waals surface area contributed by atoms with Crippen LogP contribution in [0.1, 0.15) is 25.0 Å². The Morgan fingerprint density at radius 3 is 2.44 bits per heavy atom. The fraction of sp³-hybridized carbons (Fsp3) is 0.417. The standard InChI is InChI=1S/C12H16N2O4/c1-3-8-13(2)12(16)11(15)9-4-6-10(7-5-9)14(17)18/h4-7,11,15H,3,8H2,1-2H3. The van der Waals surface area contributed by atoms with E-state index in [2.05, 4.69) is 0 Å². The number of nitro groups is 1. The van der Waals surface area contributed by atoms with Crippen LogP contribution in [-0.4, -0.2) is 34.4 Å². The van der Waals surface area contributed by atoms with E-state index in [-0.39, 0.29) is 5.69 Å². The van der Waals surface area contributed by atoms with Crippen molar-refractivity contribution in [3.05, 3.63) is 39.9 Å². The number of aliphatic hydroxyl groups is 1. The van der Waals surface area contributed by atoms with Crippen LogP contribution < -0.4 is 0 Å². The zero-order valence-electron chi connectivity index (χ0n) is 10.4. The molecule has 0 aromatic heterocycles. The quantitative estimate of drug-likeness (QED) is 0.635. The van der Waals surface area contributed by atoms with Gasteiger partial charge in [0, 0.05) is 25.7 Å². The molecular weight excluding hydrogens is 236 g/mol. The Morgan fingerprint density at radius 2 is 2.00 bits per heavy atom. The summed E-state index contributed by atoms with van der Waals surface area (Å²) in [6.45, 7) is 2.49. The first-order chi connectivity index (χ1) is 8.47. The number of amides is 1. The van der Waals surface area contributed by atoms with Crippen LogP contribution in [-0.2, 0) is 4.79 Å². The molecule has 0 fully saturated rings. The van der Waals surface area contributed by atoms with Crippen LogP contribution in [0.3, 0.4) is 0 Å². The Hall–Kier alpha value is -1.95. The number of aliphatic hydroxyl groups excluding tert-OH is 1. The van der Waals surface area contributed by atoms with Crippen LogP contribution in [0.25, 0.3) is 0 Å². The van der Waals surface area contributed by atoms with E-state index < -0.39 is 16.9 Å². The van der Waals surface area contributed by atoms with Crippen molar-refractivity contribution in [1.29, 1.82) is 0 Å². The van der Waals surface area contributed by atoms with Gasteiger partial charge in [0.25, 0.3) is 11.6 Å². The third-order valence-corrected chi connectivity index (χ3v) is 2.59. The average Bonchev–Trinajstić information content (AvgIpc) is 2.37. The summed E-state index contributed by atoms with van der Waals surface area (Å²) in [6, 6.07) is 5.32. The highest BCUT2D eigenvalue weighted by atomic mass is 16.6. The number of nitro benzene ring substituents is 1. The fourth-order valence-corrected chi connectivity index (χ4v) is 1.58. The second-order valence-corrected chi connectivity index (χ2v) is 4.01. The smallest absolute Gasteiger partial charge is 0.269 e. The third kappa shape index (κ3) is 3.27. The number of hydrogen-bond donors (Lipinski definition) is 1. The van der Waals surface area contributed by atoms with Gasteiger partial charge in [-0.25, -0.2) is 0 Å². The number of nitrogens with zero attached hydrogens (tertiary/aromatic N) is 2. The van der Waals surface area contributed by atoms with Crippen molar-refractivity contribution >= 4 is 11.6 Å². The number of rotatable bonds is 5. The van der Waals surface area contributed by atoms with Gasteiger partial charge in [-0.1, -0.05) is 6.92 Å². The topological polar surface area (TPSA) is 83.7 Å². The average molecular weight is 252 g/mol. The summed E-state index contributed by atoms with van der Waals surface area (Å²) in [5.41, 5.74) is 0.286. The van der Waals surface area contributed by atoms with E-state index in [4.69, 9.17) is 0 Å². The third-order valence-electron chi connectivity index (χ3n) is 2.59. The number of benzene rings is 1. The van der Waals surface area contributed by atoms with Crippen molar-refractivity contribution in [2.75, 3.05) is 13.6 Å². The van der Waals surface area contributed by atoms with Crippen LogP contribution >= 0.6 is 0 Å². The van der Waals surface area contributed by atoms with Crippen LogP contribution in [0, 0.1) is 10.1 Å². The Morgan fingerprint density at radius 1 is 1.44 bits per heavy atom. The lowest BCUT2D eigenvalue weighted by molar-refractivity contribution is -0.384. The molecule has 0 aliphatic heterocycles. The minimum absolute atomic E-state index is 0.0692. The summed E-state index contributed by atoms with van der Waals surface area (Å²) >= 11 is 0. The van der Waals surface area contributed by atoms with Gasteiger partial charge in [-0.2, -0.15) is 0 Å². The Labute approximate surface area is 105 Å². The number of likely N-dealkylation sites (N-methyl/N-ethyl adjacent to an activating group) is 1. The molecule has 0 saturated carbocycles. The molecule has 6 nitrogen and oxygen atoms in total. The van der Waals surface area contributed by atoms with Gasteiger partial charge in [0.15, 0.2) is 6.10 Å². The van der Waals surface area contributed by atoms with Gasteiger partial charge in [0.05, 0.1) is 4.92 Å². The molecule has 1 N–H and O–H groups in total. The predicted octanol–water partition coefficient (Wildman–Crippen LogP) is 1.50. The maximum absolute atomic E-state index is 11.8. The molecule has 1 aromatic rings. The molecule has 0 bridgehead atoms. The van der Waals surface area contributed by atoms with Crippen molar-refractivity contribution in [3.63, 3.8) is 0 Å². The first kappa shape index (κ1) is 14.1. The minimum atomic E-state index is -1.28. The molecular formula is C12H16N2O4. The SMILES string of the molecule is CCCN(C)C(=O)C(O)c1ccc([N+](=O)[O-])cc1. The first-order valence-electron chi connectivity index (χ1n) is 5.64. The largest absolute Gasteiger partial charge is 0.378 e. The monoisotopic (exact) mass is 252 g/mol. The molecule has 6 heteroatoms. The number of carbonyl (C=O) groups is 1. The molecule has 0 aliphatic rings. The van der Waals surface area contributed by atoms with E-state index in [1.54, 1.807) is 7.05 Å². The van der Waals surface area contributed by atoms with E-state index in [1.807, 2.05) is 6.92 Å². The van der Waals surface area contributed by atoms with Crippen molar-refractivity contribution < 1.29 is 14.8 Å². The number of carbonyl (C=O) groups excluding carboxylic acids is 1. The summed E-state index contributed by atoms with van der Waals surface area (Å²) in [5, 5.41) is 20.3. The van der Waals surface area contributed by atoms with Crippen molar-refractivity contribution in [3.8, 4) is 0 Å². The van der Waals surface area contributed by atoms with Gasteiger partial charge in [-0.15, -0.1) is 0 Å². The normalized spacial score (nSPS) is 11.9. The highest BCUT2D eigenvalue weighted by Gasteiger charge is 2.21. The molecule has 0 heterocycles. The maximum atomic E-state index is 11.8. The summed E-state index contributed by atoms with van der Waals surface area (Å²) < 4.78 is 0. The summed E-state index contributed by atoms with van der Waals surface area (Å²) in [6.07, 6.45) is -0.475. The van der Waals surface area contributed by atoms with Crippen molar-refractivity contribution in [2.24, 2.45) is 0 Å². The second-order valence-electron chi connectivity index (χ2n) is 4.01. The molecule has 1 atom stereocenters. The van der Waals surface area contributed by atoms with Gasteiger partial charge in [0.2, 0.25) is 0 Å². The lowest BCUT2D eigenvalue weighted by atomic mass is 10.1. The lowest BCUT2D eigenvalue weighted by Gasteiger charge is -2.20. The number of non-ortho nitro benzene ring substituents is 1. The second kappa shape index (κ2) is 6.11. The molecule has 98 valence electrons. The zero-order valence-corrected chi connectivity index (χ0v) is 10.4. The van der Waals surface area contributed by atoms with Gasteiger partial charge >= 0.3 is 0 Å². The van der Waals surface area contributed by atoms with Crippen LogP contribution in [0.5, 0.6) is 0 Å². The zero-order chi connectivity index (χ0) is 13.7. The Bertz CT molecular complexity index is 430. The molecule has 1 unspecified atom stereocenters. The van der Waals surface area contributed by atoms with Crippen molar-refractivity contribution in [2.45, 2.75) is 19.4 Å². The Kier molecular flexibility index (Phi) is 4.79. The van der Waals surface area contributed by atoms with Crippen LogP contribution in [0.2, 0.25) is 0 Å². The molecule has 0 saturated heterocycles. The van der Waals surface area contributed by atoms with Gasteiger partial charge in [-0.3, -0.25) is 14.9 Å². The highest BCUT2D eigenvalue weighted by Crippen LogP contribution is 2.19. The molecule has 1 amide bonds. The van der Waals surface area contributed by atoms with Crippen LogP contribution in [0.4, 0.5) is 5.69 Å². The summed E-state index contributed by atoms with van der Waals surface area (Å²) in [4.78, 5) is 23.2. The predicted molar refractivity (Wildman–Crippen MR) is 66.0 cm³/mol.